The number of hydrogen-bond donors (Lipinski definition) is 0. The summed E-state index contributed by atoms with van der Waals surface area (Å²) in [6, 6.07) is 12.9. The van der Waals surface area contributed by atoms with Gasteiger partial charge in [-0.2, -0.15) is 8.99 Å². The summed E-state index contributed by atoms with van der Waals surface area (Å²) in [5.74, 6) is 0.120. The molecule has 1 aromatic heterocycles. The molecule has 1 saturated heterocycles. The number of aryl methyl sites for hydroxylation is 1. The van der Waals surface area contributed by atoms with E-state index in [0.29, 0.717) is 36.1 Å². The summed E-state index contributed by atoms with van der Waals surface area (Å²) in [6.45, 7) is 3.66. The van der Waals surface area contributed by atoms with Crippen LogP contribution in [-0.4, -0.2) is 64.2 Å². The fourth-order valence-electron chi connectivity index (χ4n) is 4.48. The fourth-order valence-corrected chi connectivity index (χ4v) is 6.81. The third kappa shape index (κ3) is 4.35. The van der Waals surface area contributed by atoms with Gasteiger partial charge >= 0.3 is 0 Å². The molecule has 9 nitrogen and oxygen atoms in total. The van der Waals surface area contributed by atoms with Crippen molar-refractivity contribution >= 4 is 33.4 Å². The van der Waals surface area contributed by atoms with Gasteiger partial charge in [0, 0.05) is 25.3 Å². The lowest BCUT2D eigenvalue weighted by Gasteiger charge is -2.26. The average molecular weight is 499 g/mol. The minimum atomic E-state index is -3.50. The Labute approximate surface area is 203 Å². The monoisotopic (exact) mass is 498 g/mol. The second-order valence-corrected chi connectivity index (χ2v) is 11.4. The Bertz CT molecular complexity index is 1320. The van der Waals surface area contributed by atoms with E-state index in [-0.39, 0.29) is 11.7 Å². The molecule has 3 heterocycles. The number of thioether (sulfide) groups is 1. The van der Waals surface area contributed by atoms with E-state index in [1.165, 1.54) is 11.8 Å². The van der Waals surface area contributed by atoms with Gasteiger partial charge in [0.25, 0.3) is 0 Å². The summed E-state index contributed by atoms with van der Waals surface area (Å²) in [6.07, 6.45) is 3.51. The van der Waals surface area contributed by atoms with Crippen LogP contribution in [0.15, 0.2) is 52.5 Å². The van der Waals surface area contributed by atoms with Crippen molar-refractivity contribution in [3.63, 3.8) is 0 Å². The molecule has 1 amide bonds. The smallest absolute Gasteiger partial charge is 0.243 e. The van der Waals surface area contributed by atoms with Crippen LogP contribution in [0.2, 0.25) is 0 Å². The third-order valence-electron chi connectivity index (χ3n) is 6.31. The number of amides is 1. The van der Waals surface area contributed by atoms with E-state index in [0.717, 1.165) is 41.8 Å². The molecule has 34 heavy (non-hydrogen) atoms. The van der Waals surface area contributed by atoms with Crippen molar-refractivity contribution in [2.24, 2.45) is 0 Å². The molecule has 0 unspecified atom stereocenters. The summed E-state index contributed by atoms with van der Waals surface area (Å²) >= 11 is 1.29. The molecule has 0 saturated carbocycles. The minimum absolute atomic E-state index is 0.0604. The van der Waals surface area contributed by atoms with Gasteiger partial charge in [-0.05, 0) is 72.0 Å². The van der Waals surface area contributed by atoms with Crippen molar-refractivity contribution < 1.29 is 13.2 Å². The van der Waals surface area contributed by atoms with Crippen LogP contribution in [0.3, 0.4) is 0 Å². The summed E-state index contributed by atoms with van der Waals surface area (Å²) in [5, 5.41) is 12.5. The number of fused-ring (bicyclic) bond motifs is 1. The molecule has 0 radical (unpaired) electrons. The summed E-state index contributed by atoms with van der Waals surface area (Å²) < 4.78 is 29.3. The van der Waals surface area contributed by atoms with E-state index in [1.807, 2.05) is 31.2 Å². The second kappa shape index (κ2) is 9.47. The van der Waals surface area contributed by atoms with Crippen molar-refractivity contribution in [3.8, 4) is 5.69 Å². The lowest BCUT2D eigenvalue weighted by molar-refractivity contribution is -0.116. The topological polar surface area (TPSA) is 101 Å². The van der Waals surface area contributed by atoms with Crippen molar-refractivity contribution in [3.05, 3.63) is 53.6 Å². The van der Waals surface area contributed by atoms with E-state index >= 15 is 0 Å². The first-order chi connectivity index (χ1) is 16.4. The number of benzene rings is 2. The minimum Gasteiger partial charge on any atom is -0.311 e. The standard InChI is InChI=1S/C23H26N6O3S2/c1-17-7-3-4-8-20(17)29-23(24-25-26-29)33-16-22(30)28-14-11-18-15-19(9-10-21(18)28)34(31,32)27-12-5-2-6-13-27/h3-4,7-10,15H,2,5-6,11-14,16H2,1H3. The van der Waals surface area contributed by atoms with Crippen LogP contribution in [0.4, 0.5) is 5.69 Å². The molecule has 3 aromatic rings. The summed E-state index contributed by atoms with van der Waals surface area (Å²) in [7, 11) is -3.50. The van der Waals surface area contributed by atoms with E-state index in [1.54, 1.807) is 32.1 Å². The Balaban J connectivity index is 1.29. The number of tetrazole rings is 1. The Morgan fingerprint density at radius 1 is 1.03 bits per heavy atom. The highest BCUT2D eigenvalue weighted by Crippen LogP contribution is 2.32. The number of carbonyl (C=O) groups excluding carboxylic acids is 1. The zero-order valence-electron chi connectivity index (χ0n) is 18.9. The van der Waals surface area contributed by atoms with Gasteiger partial charge in [0.15, 0.2) is 0 Å². The lowest BCUT2D eigenvalue weighted by Crippen LogP contribution is -2.35. The number of anilines is 1. The van der Waals surface area contributed by atoms with Crippen LogP contribution in [-0.2, 0) is 21.2 Å². The van der Waals surface area contributed by atoms with Gasteiger partial charge in [-0.25, -0.2) is 8.42 Å². The number of piperidine rings is 1. The zero-order valence-corrected chi connectivity index (χ0v) is 20.6. The van der Waals surface area contributed by atoms with Gasteiger partial charge < -0.3 is 4.90 Å². The first-order valence-corrected chi connectivity index (χ1v) is 13.8. The molecule has 1 fully saturated rings. The highest BCUT2D eigenvalue weighted by atomic mass is 32.2. The highest BCUT2D eigenvalue weighted by molar-refractivity contribution is 7.99. The fraction of sp³-hybridized carbons (Fsp3) is 0.391. The Kier molecular flexibility index (Phi) is 6.41. The van der Waals surface area contributed by atoms with E-state index in [4.69, 9.17) is 0 Å². The third-order valence-corrected chi connectivity index (χ3v) is 9.11. The maximum absolute atomic E-state index is 13.0. The predicted molar refractivity (Wildman–Crippen MR) is 130 cm³/mol. The number of para-hydroxylation sites is 1. The number of carbonyl (C=O) groups is 1. The molecule has 11 heteroatoms. The van der Waals surface area contributed by atoms with Crippen molar-refractivity contribution in [1.29, 1.82) is 0 Å². The van der Waals surface area contributed by atoms with E-state index < -0.39 is 10.0 Å². The van der Waals surface area contributed by atoms with Gasteiger partial charge in [-0.15, -0.1) is 5.10 Å². The Morgan fingerprint density at radius 3 is 2.62 bits per heavy atom. The van der Waals surface area contributed by atoms with E-state index in [9.17, 15) is 13.2 Å². The molecule has 2 aromatic carbocycles. The largest absolute Gasteiger partial charge is 0.311 e. The van der Waals surface area contributed by atoms with Gasteiger partial charge in [0.1, 0.15) is 0 Å². The zero-order chi connectivity index (χ0) is 23.7. The number of aromatic nitrogens is 4. The molecule has 0 spiro atoms. The Morgan fingerprint density at radius 2 is 1.82 bits per heavy atom. The molecular weight excluding hydrogens is 472 g/mol. The van der Waals surface area contributed by atoms with Crippen molar-refractivity contribution in [2.45, 2.75) is 42.7 Å². The first kappa shape index (κ1) is 23.0. The molecule has 178 valence electrons. The SMILES string of the molecule is Cc1ccccc1-n1nnnc1SCC(=O)N1CCc2cc(S(=O)(=O)N3CCCCC3)ccc21. The molecular formula is C23H26N6O3S2. The lowest BCUT2D eigenvalue weighted by atomic mass is 10.2. The predicted octanol–water partition coefficient (Wildman–Crippen LogP) is 2.83. The average Bonchev–Trinajstić information content (AvgIpc) is 3.50. The van der Waals surface area contributed by atoms with Crippen LogP contribution in [0.25, 0.3) is 5.69 Å². The summed E-state index contributed by atoms with van der Waals surface area (Å²) in [5.41, 5.74) is 3.58. The quantitative estimate of drug-likeness (QED) is 0.482. The molecule has 5 rings (SSSR count). The Hall–Kier alpha value is -2.76. The molecule has 0 bridgehead atoms. The van der Waals surface area contributed by atoms with E-state index in [2.05, 4.69) is 15.5 Å². The highest BCUT2D eigenvalue weighted by Gasteiger charge is 2.30. The first-order valence-electron chi connectivity index (χ1n) is 11.4. The molecule has 0 N–H and O–H groups in total. The molecule has 2 aliphatic rings. The van der Waals surface area contributed by atoms with Crippen molar-refractivity contribution in [1.82, 2.24) is 24.5 Å². The van der Waals surface area contributed by atoms with Crippen LogP contribution in [0.1, 0.15) is 30.4 Å². The molecule has 2 aliphatic heterocycles. The normalized spacial score (nSPS) is 16.6. The maximum Gasteiger partial charge on any atom is 0.243 e. The summed E-state index contributed by atoms with van der Waals surface area (Å²) in [4.78, 5) is 15.1. The molecule has 0 atom stereocenters. The van der Waals surface area contributed by atoms with Crippen molar-refractivity contribution in [2.75, 3.05) is 30.3 Å². The second-order valence-electron chi connectivity index (χ2n) is 8.50. The van der Waals surface area contributed by atoms with Gasteiger partial charge in [0.05, 0.1) is 16.3 Å². The number of nitrogens with zero attached hydrogens (tertiary/aromatic N) is 6. The number of rotatable bonds is 6. The number of sulfonamides is 1. The van der Waals surface area contributed by atoms with Crippen LogP contribution in [0.5, 0.6) is 0 Å². The van der Waals surface area contributed by atoms with Gasteiger partial charge in [0.2, 0.25) is 21.1 Å². The van der Waals surface area contributed by atoms with Crippen LogP contribution in [0, 0.1) is 6.92 Å². The van der Waals surface area contributed by atoms with Crippen LogP contribution >= 0.6 is 11.8 Å². The maximum atomic E-state index is 13.0. The number of hydrogen-bond acceptors (Lipinski definition) is 7. The van der Waals surface area contributed by atoms with Crippen LogP contribution < -0.4 is 4.90 Å². The van der Waals surface area contributed by atoms with Gasteiger partial charge in [-0.1, -0.05) is 36.4 Å². The van der Waals surface area contributed by atoms with Gasteiger partial charge in [-0.3, -0.25) is 4.79 Å². The molecule has 0 aliphatic carbocycles.